The quantitative estimate of drug-likeness (QED) is 0.937. The monoisotopic (exact) mass is 284 g/mol. The lowest BCUT2D eigenvalue weighted by atomic mass is 10.0. The molecule has 1 aliphatic heterocycles. The fourth-order valence-electron chi connectivity index (χ4n) is 2.69. The van der Waals surface area contributed by atoms with Gasteiger partial charge in [-0.2, -0.15) is 0 Å². The fraction of sp³-hybridized carbons (Fsp3) is 0.353. The zero-order valence-electron chi connectivity index (χ0n) is 12.4. The number of para-hydroxylation sites is 1. The largest absolute Gasteiger partial charge is 0.497 e. The highest BCUT2D eigenvalue weighted by atomic mass is 16.5. The van der Waals surface area contributed by atoms with Crippen LogP contribution in [-0.2, 0) is 6.54 Å². The van der Waals surface area contributed by atoms with Gasteiger partial charge in [0.05, 0.1) is 19.4 Å². The van der Waals surface area contributed by atoms with Crippen molar-refractivity contribution >= 4 is 0 Å². The van der Waals surface area contributed by atoms with E-state index in [0.717, 1.165) is 42.5 Å². The fourth-order valence-corrected chi connectivity index (χ4v) is 2.69. The summed E-state index contributed by atoms with van der Waals surface area (Å²) in [5.74, 6) is 1.84. The second-order valence-electron chi connectivity index (χ2n) is 5.25. The van der Waals surface area contributed by atoms with Crippen LogP contribution in [-0.4, -0.2) is 18.7 Å². The van der Waals surface area contributed by atoms with E-state index in [1.807, 2.05) is 31.2 Å². The van der Waals surface area contributed by atoms with Gasteiger partial charge in [0.2, 0.25) is 0 Å². The maximum Gasteiger partial charge on any atom is 0.124 e. The maximum atomic E-state index is 5.69. The molecular formula is C17H20N2O2. The second kappa shape index (κ2) is 6.14. The van der Waals surface area contributed by atoms with E-state index in [-0.39, 0.29) is 0 Å². The van der Waals surface area contributed by atoms with Gasteiger partial charge in [-0.1, -0.05) is 18.2 Å². The molecule has 0 saturated carbocycles. The molecule has 4 heteroatoms. The van der Waals surface area contributed by atoms with Crippen molar-refractivity contribution in [1.82, 2.24) is 10.3 Å². The number of hydrogen-bond acceptors (Lipinski definition) is 4. The molecule has 1 N–H and O–H groups in total. The molecule has 2 heterocycles. The first kappa shape index (κ1) is 13.9. The molecule has 1 aliphatic rings. The first-order chi connectivity index (χ1) is 10.3. The van der Waals surface area contributed by atoms with E-state index in [4.69, 9.17) is 9.47 Å². The highest BCUT2D eigenvalue weighted by Gasteiger charge is 2.20. The van der Waals surface area contributed by atoms with Crippen LogP contribution in [0.15, 0.2) is 36.4 Å². The van der Waals surface area contributed by atoms with E-state index in [9.17, 15) is 0 Å². The third kappa shape index (κ3) is 3.16. The predicted octanol–water partition coefficient (Wildman–Crippen LogP) is 3.01. The van der Waals surface area contributed by atoms with Gasteiger partial charge in [0.15, 0.2) is 0 Å². The summed E-state index contributed by atoms with van der Waals surface area (Å²) in [6.45, 7) is 3.45. The summed E-state index contributed by atoms with van der Waals surface area (Å²) in [6, 6.07) is 12.4. The minimum Gasteiger partial charge on any atom is -0.497 e. The average molecular weight is 284 g/mol. The van der Waals surface area contributed by atoms with E-state index in [1.54, 1.807) is 7.11 Å². The Hall–Kier alpha value is -2.07. The standard InChI is InChI=1S/C17H20N2O2/c1-12-9-14(20-2)10-13(19-12)11-18-16-7-8-21-17-6-4-3-5-15(16)17/h3-6,9-10,16,18H,7-8,11H2,1-2H3. The van der Waals surface area contributed by atoms with E-state index >= 15 is 0 Å². The summed E-state index contributed by atoms with van der Waals surface area (Å²) in [6.07, 6.45) is 0.972. The molecule has 0 spiro atoms. The molecule has 2 aromatic rings. The molecule has 0 saturated heterocycles. The van der Waals surface area contributed by atoms with Crippen LogP contribution in [0.25, 0.3) is 0 Å². The zero-order chi connectivity index (χ0) is 14.7. The van der Waals surface area contributed by atoms with Gasteiger partial charge >= 0.3 is 0 Å². The Morgan fingerprint density at radius 2 is 2.19 bits per heavy atom. The van der Waals surface area contributed by atoms with Crippen LogP contribution >= 0.6 is 0 Å². The predicted molar refractivity (Wildman–Crippen MR) is 81.7 cm³/mol. The summed E-state index contributed by atoms with van der Waals surface area (Å²) >= 11 is 0. The molecule has 110 valence electrons. The van der Waals surface area contributed by atoms with Gasteiger partial charge < -0.3 is 14.8 Å². The SMILES string of the molecule is COc1cc(C)nc(CNC2CCOc3ccccc32)c1. The van der Waals surface area contributed by atoms with Crippen molar-refractivity contribution in [2.45, 2.75) is 25.9 Å². The second-order valence-corrected chi connectivity index (χ2v) is 5.25. The molecule has 0 amide bonds. The zero-order valence-corrected chi connectivity index (χ0v) is 12.4. The summed E-state index contributed by atoms with van der Waals surface area (Å²) in [5, 5.41) is 3.57. The van der Waals surface area contributed by atoms with Crippen molar-refractivity contribution in [3.8, 4) is 11.5 Å². The van der Waals surface area contributed by atoms with Gasteiger partial charge in [-0.05, 0) is 13.0 Å². The highest BCUT2D eigenvalue weighted by molar-refractivity contribution is 5.37. The summed E-state index contributed by atoms with van der Waals surface area (Å²) < 4.78 is 11.0. The Morgan fingerprint density at radius 3 is 3.05 bits per heavy atom. The first-order valence-electron chi connectivity index (χ1n) is 7.23. The normalized spacial score (nSPS) is 17.0. The van der Waals surface area contributed by atoms with Gasteiger partial charge in [-0.3, -0.25) is 4.98 Å². The van der Waals surface area contributed by atoms with Crippen LogP contribution in [0.3, 0.4) is 0 Å². The average Bonchev–Trinajstić information content (AvgIpc) is 2.52. The van der Waals surface area contributed by atoms with Crippen LogP contribution in [0.1, 0.15) is 29.4 Å². The third-order valence-corrected chi connectivity index (χ3v) is 3.70. The Labute approximate surface area is 125 Å². The van der Waals surface area contributed by atoms with Crippen LogP contribution in [0.2, 0.25) is 0 Å². The molecule has 3 rings (SSSR count). The van der Waals surface area contributed by atoms with Crippen molar-refractivity contribution in [1.29, 1.82) is 0 Å². The van der Waals surface area contributed by atoms with Gasteiger partial charge in [0, 0.05) is 42.4 Å². The Morgan fingerprint density at radius 1 is 1.33 bits per heavy atom. The Kier molecular flexibility index (Phi) is 4.06. The van der Waals surface area contributed by atoms with E-state index in [0.29, 0.717) is 6.04 Å². The lowest BCUT2D eigenvalue weighted by Crippen LogP contribution is -2.27. The summed E-state index contributed by atoms with van der Waals surface area (Å²) in [7, 11) is 1.68. The van der Waals surface area contributed by atoms with Crippen molar-refractivity contribution in [3.63, 3.8) is 0 Å². The van der Waals surface area contributed by atoms with Crippen molar-refractivity contribution in [2.75, 3.05) is 13.7 Å². The van der Waals surface area contributed by atoms with Crippen molar-refractivity contribution in [2.24, 2.45) is 0 Å². The van der Waals surface area contributed by atoms with Crippen molar-refractivity contribution in [3.05, 3.63) is 53.3 Å². The highest BCUT2D eigenvalue weighted by Crippen LogP contribution is 2.31. The van der Waals surface area contributed by atoms with Crippen molar-refractivity contribution < 1.29 is 9.47 Å². The Balaban J connectivity index is 1.73. The minimum absolute atomic E-state index is 0.309. The number of hydrogen-bond donors (Lipinski definition) is 1. The minimum atomic E-state index is 0.309. The molecule has 1 aromatic carbocycles. The van der Waals surface area contributed by atoms with Crippen LogP contribution in [0.5, 0.6) is 11.5 Å². The Bertz CT molecular complexity index is 628. The molecular weight excluding hydrogens is 264 g/mol. The van der Waals surface area contributed by atoms with Crippen LogP contribution in [0, 0.1) is 6.92 Å². The van der Waals surface area contributed by atoms with Gasteiger partial charge in [0.1, 0.15) is 11.5 Å². The van der Waals surface area contributed by atoms with E-state index in [1.165, 1.54) is 5.56 Å². The number of ether oxygens (including phenoxy) is 2. The van der Waals surface area contributed by atoms with Crippen LogP contribution in [0.4, 0.5) is 0 Å². The van der Waals surface area contributed by atoms with E-state index < -0.39 is 0 Å². The number of nitrogens with zero attached hydrogens (tertiary/aromatic N) is 1. The first-order valence-corrected chi connectivity index (χ1v) is 7.23. The van der Waals surface area contributed by atoms with Gasteiger partial charge in [0.25, 0.3) is 0 Å². The third-order valence-electron chi connectivity index (χ3n) is 3.70. The van der Waals surface area contributed by atoms with E-state index in [2.05, 4.69) is 22.4 Å². The van der Waals surface area contributed by atoms with Gasteiger partial charge in [-0.15, -0.1) is 0 Å². The number of fused-ring (bicyclic) bond motifs is 1. The molecule has 0 bridgehead atoms. The number of benzene rings is 1. The molecule has 4 nitrogen and oxygen atoms in total. The number of pyridine rings is 1. The molecule has 1 unspecified atom stereocenters. The molecule has 0 fully saturated rings. The molecule has 0 radical (unpaired) electrons. The molecule has 21 heavy (non-hydrogen) atoms. The number of aromatic nitrogens is 1. The maximum absolute atomic E-state index is 5.69. The summed E-state index contributed by atoms with van der Waals surface area (Å²) in [4.78, 5) is 4.55. The lowest BCUT2D eigenvalue weighted by molar-refractivity contribution is 0.252. The lowest BCUT2D eigenvalue weighted by Gasteiger charge is -2.26. The van der Waals surface area contributed by atoms with Gasteiger partial charge in [-0.25, -0.2) is 0 Å². The molecule has 1 atom stereocenters. The number of methoxy groups -OCH3 is 1. The smallest absolute Gasteiger partial charge is 0.124 e. The number of aryl methyl sites for hydroxylation is 1. The van der Waals surface area contributed by atoms with Crippen LogP contribution < -0.4 is 14.8 Å². The number of nitrogens with one attached hydrogen (secondary N) is 1. The molecule has 0 aliphatic carbocycles. The number of rotatable bonds is 4. The molecule has 1 aromatic heterocycles. The summed E-state index contributed by atoms with van der Waals surface area (Å²) in [5.41, 5.74) is 3.19. The topological polar surface area (TPSA) is 43.4 Å².